The van der Waals surface area contributed by atoms with Gasteiger partial charge in [0.25, 0.3) is 0 Å². The van der Waals surface area contributed by atoms with Gasteiger partial charge in [0.2, 0.25) is 5.91 Å². The highest BCUT2D eigenvalue weighted by molar-refractivity contribution is 6.04. The third-order valence-corrected chi connectivity index (χ3v) is 4.53. The highest BCUT2D eigenvalue weighted by Gasteiger charge is 2.29. The van der Waals surface area contributed by atoms with Crippen LogP contribution in [0.3, 0.4) is 0 Å². The summed E-state index contributed by atoms with van der Waals surface area (Å²) in [4.78, 5) is 24.4. The topological polar surface area (TPSA) is 62.9 Å². The lowest BCUT2D eigenvalue weighted by Crippen LogP contribution is -2.29. The molecule has 2 heterocycles. The van der Waals surface area contributed by atoms with E-state index in [1.54, 1.807) is 12.1 Å². The lowest BCUT2D eigenvalue weighted by atomic mass is 10.0. The maximum Gasteiger partial charge on any atom is 0.345 e. The van der Waals surface area contributed by atoms with Crippen molar-refractivity contribution < 1.29 is 9.21 Å². The molecule has 1 aromatic heterocycles. The molecule has 0 spiro atoms. The van der Waals surface area contributed by atoms with Gasteiger partial charge >= 0.3 is 5.63 Å². The molecule has 0 fully saturated rings. The molecule has 1 aliphatic rings. The number of carbonyl (C=O) groups is 1. The van der Waals surface area contributed by atoms with Gasteiger partial charge in [-0.3, -0.25) is 4.79 Å². The Kier molecular flexibility index (Phi) is 4.42. The second kappa shape index (κ2) is 7.03. The highest BCUT2D eigenvalue weighted by Crippen LogP contribution is 2.23. The van der Waals surface area contributed by atoms with Crippen molar-refractivity contribution in [2.24, 2.45) is 5.10 Å². The van der Waals surface area contributed by atoms with Gasteiger partial charge in [-0.1, -0.05) is 60.7 Å². The zero-order valence-electron chi connectivity index (χ0n) is 14.8. The number of benzene rings is 2. The highest BCUT2D eigenvalue weighted by atomic mass is 16.4. The molecule has 0 bridgehead atoms. The maximum atomic E-state index is 12.4. The fraction of sp³-hybridized carbons (Fsp3) is 0.136. The van der Waals surface area contributed by atoms with Gasteiger partial charge in [-0.25, -0.2) is 9.80 Å². The van der Waals surface area contributed by atoms with Crippen molar-refractivity contribution >= 4 is 28.7 Å². The Bertz CT molecular complexity index is 1110. The monoisotopic (exact) mass is 358 g/mol. The van der Waals surface area contributed by atoms with Crippen LogP contribution < -0.4 is 5.63 Å². The molecule has 0 aliphatic carbocycles. The summed E-state index contributed by atoms with van der Waals surface area (Å²) < 4.78 is 5.41. The predicted molar refractivity (Wildman–Crippen MR) is 105 cm³/mol. The summed E-state index contributed by atoms with van der Waals surface area (Å²) in [6, 6.07) is 18.7. The number of hydrogen-bond donors (Lipinski definition) is 0. The van der Waals surface area contributed by atoms with Crippen molar-refractivity contribution in [3.63, 3.8) is 0 Å². The van der Waals surface area contributed by atoms with Gasteiger partial charge in [-0.2, -0.15) is 5.10 Å². The molecule has 0 radical (unpaired) electrons. The molecule has 1 amide bonds. The quantitative estimate of drug-likeness (QED) is 0.669. The first-order valence-electron chi connectivity index (χ1n) is 8.75. The molecule has 0 N–H and O–H groups in total. The summed E-state index contributed by atoms with van der Waals surface area (Å²) in [7, 11) is 0. The number of hydrazone groups is 1. The predicted octanol–water partition coefficient (Wildman–Crippen LogP) is 3.83. The van der Waals surface area contributed by atoms with Crippen LogP contribution >= 0.6 is 0 Å². The van der Waals surface area contributed by atoms with Gasteiger partial charge in [0.15, 0.2) is 0 Å². The summed E-state index contributed by atoms with van der Waals surface area (Å²) in [5, 5.41) is 6.65. The van der Waals surface area contributed by atoms with E-state index >= 15 is 0 Å². The summed E-state index contributed by atoms with van der Waals surface area (Å²) in [5.41, 5.74) is 2.10. The minimum atomic E-state index is -0.441. The number of para-hydroxylation sites is 1. The first-order valence-corrected chi connectivity index (χ1v) is 8.75. The van der Waals surface area contributed by atoms with Crippen LogP contribution in [0.2, 0.25) is 0 Å². The van der Waals surface area contributed by atoms with Gasteiger partial charge < -0.3 is 4.42 Å². The second-order valence-electron chi connectivity index (χ2n) is 6.44. The lowest BCUT2D eigenvalue weighted by molar-refractivity contribution is -0.129. The molecule has 134 valence electrons. The first-order chi connectivity index (χ1) is 13.1. The Morgan fingerprint density at radius 3 is 2.67 bits per heavy atom. The summed E-state index contributed by atoms with van der Waals surface area (Å²) in [6.07, 6.45) is 4.36. The third-order valence-electron chi connectivity index (χ3n) is 4.53. The van der Waals surface area contributed by atoms with Crippen molar-refractivity contribution in [1.82, 2.24) is 5.01 Å². The van der Waals surface area contributed by atoms with Crippen LogP contribution in [-0.2, 0) is 4.79 Å². The molecular formula is C22H18N2O3. The number of nitrogens with zero attached hydrogens (tertiary/aromatic N) is 2. The number of rotatable bonds is 3. The Balaban J connectivity index is 1.67. The first kappa shape index (κ1) is 17.0. The summed E-state index contributed by atoms with van der Waals surface area (Å²) in [6.45, 7) is 1.47. The molecule has 0 unspecified atom stereocenters. The Hall–Kier alpha value is -3.47. The lowest BCUT2D eigenvalue weighted by Gasteiger charge is -2.16. The maximum absolute atomic E-state index is 12.4. The van der Waals surface area contributed by atoms with E-state index in [2.05, 4.69) is 5.10 Å². The fourth-order valence-corrected chi connectivity index (χ4v) is 3.20. The zero-order chi connectivity index (χ0) is 18.8. The van der Waals surface area contributed by atoms with Gasteiger partial charge in [0.05, 0.1) is 17.3 Å². The Morgan fingerprint density at radius 1 is 1.15 bits per heavy atom. The minimum Gasteiger partial charge on any atom is -0.422 e. The van der Waals surface area contributed by atoms with Crippen LogP contribution in [0.4, 0.5) is 0 Å². The number of fused-ring (bicyclic) bond motifs is 1. The molecule has 1 atom stereocenters. The van der Waals surface area contributed by atoms with E-state index in [0.29, 0.717) is 23.3 Å². The van der Waals surface area contributed by atoms with E-state index < -0.39 is 5.63 Å². The van der Waals surface area contributed by atoms with Crippen LogP contribution in [0.1, 0.15) is 24.5 Å². The number of carbonyl (C=O) groups excluding carboxylic acids is 1. The Morgan fingerprint density at radius 2 is 1.89 bits per heavy atom. The molecule has 5 heteroatoms. The van der Waals surface area contributed by atoms with Crippen molar-refractivity contribution in [2.75, 3.05) is 0 Å². The molecule has 27 heavy (non-hydrogen) atoms. The summed E-state index contributed by atoms with van der Waals surface area (Å²) in [5.74, 6) is -0.169. The van der Waals surface area contributed by atoms with Crippen LogP contribution in [0.5, 0.6) is 0 Å². The SMILES string of the molecule is CC(=O)N1N=C(c2cc3ccccc3oc2=O)C[C@H]1/C=C/c1ccccc1. The number of hydrogen-bond acceptors (Lipinski definition) is 4. The minimum absolute atomic E-state index is 0.169. The molecule has 0 saturated carbocycles. The van der Waals surface area contributed by atoms with Crippen LogP contribution in [-0.4, -0.2) is 22.7 Å². The smallest absolute Gasteiger partial charge is 0.345 e. The van der Waals surface area contributed by atoms with Gasteiger partial charge in [-0.15, -0.1) is 0 Å². The van der Waals surface area contributed by atoms with Gasteiger partial charge in [0.1, 0.15) is 5.58 Å². The standard InChI is InChI=1S/C22H18N2O3/c1-15(25)24-18(12-11-16-7-3-2-4-8-16)14-20(23-24)19-13-17-9-5-6-10-21(17)27-22(19)26/h2-13,18H,14H2,1H3/b12-11+/t18-/m1/s1. The average molecular weight is 358 g/mol. The molecular weight excluding hydrogens is 340 g/mol. The third kappa shape index (κ3) is 3.44. The summed E-state index contributed by atoms with van der Waals surface area (Å²) >= 11 is 0. The molecule has 2 aromatic carbocycles. The molecule has 4 rings (SSSR count). The van der Waals surface area contributed by atoms with Gasteiger partial charge in [0, 0.05) is 18.7 Å². The van der Waals surface area contributed by atoms with E-state index in [4.69, 9.17) is 4.42 Å². The largest absolute Gasteiger partial charge is 0.422 e. The van der Waals surface area contributed by atoms with Crippen LogP contribution in [0.25, 0.3) is 17.0 Å². The van der Waals surface area contributed by atoms with Crippen molar-refractivity contribution in [1.29, 1.82) is 0 Å². The molecule has 5 nitrogen and oxygen atoms in total. The van der Waals surface area contributed by atoms with Crippen LogP contribution in [0.15, 0.2) is 81.1 Å². The van der Waals surface area contributed by atoms with Crippen LogP contribution in [0, 0.1) is 0 Å². The van der Waals surface area contributed by atoms with E-state index in [1.807, 2.05) is 60.7 Å². The van der Waals surface area contributed by atoms with E-state index in [0.717, 1.165) is 10.9 Å². The van der Waals surface area contributed by atoms with E-state index in [1.165, 1.54) is 11.9 Å². The van der Waals surface area contributed by atoms with E-state index in [9.17, 15) is 9.59 Å². The average Bonchev–Trinajstić information content (AvgIpc) is 3.11. The zero-order valence-corrected chi connectivity index (χ0v) is 14.8. The molecule has 1 aliphatic heterocycles. The number of amides is 1. The van der Waals surface area contributed by atoms with Crippen molar-refractivity contribution in [2.45, 2.75) is 19.4 Å². The molecule has 0 saturated heterocycles. The van der Waals surface area contributed by atoms with Crippen molar-refractivity contribution in [3.8, 4) is 0 Å². The Labute approximate surface area is 156 Å². The fourth-order valence-electron chi connectivity index (χ4n) is 3.20. The second-order valence-corrected chi connectivity index (χ2v) is 6.44. The molecule has 3 aromatic rings. The normalized spacial score (nSPS) is 16.9. The van der Waals surface area contributed by atoms with E-state index in [-0.39, 0.29) is 11.9 Å². The van der Waals surface area contributed by atoms with Gasteiger partial charge in [-0.05, 0) is 17.7 Å². The van der Waals surface area contributed by atoms with Crippen molar-refractivity contribution in [3.05, 3.63) is 88.3 Å².